The van der Waals surface area contributed by atoms with Crippen LogP contribution in [-0.4, -0.2) is 35.1 Å². The van der Waals surface area contributed by atoms with Gasteiger partial charge in [0.15, 0.2) is 0 Å². The van der Waals surface area contributed by atoms with E-state index in [-0.39, 0.29) is 5.75 Å². The van der Waals surface area contributed by atoms with Gasteiger partial charge in [-0.05, 0) is 61.2 Å². The molecule has 0 radical (unpaired) electrons. The van der Waals surface area contributed by atoms with Gasteiger partial charge in [-0.1, -0.05) is 0 Å². The molecule has 4 heteroatoms. The van der Waals surface area contributed by atoms with Gasteiger partial charge >= 0.3 is 0 Å². The van der Waals surface area contributed by atoms with Gasteiger partial charge < -0.3 is 20.1 Å². The van der Waals surface area contributed by atoms with Gasteiger partial charge in [-0.25, -0.2) is 0 Å². The van der Waals surface area contributed by atoms with E-state index in [1.807, 2.05) is 13.8 Å². The average Bonchev–Trinajstić information content (AvgIpc) is 2.43. The van der Waals surface area contributed by atoms with Crippen LogP contribution in [0.1, 0.15) is 42.6 Å². The monoisotopic (exact) mass is 306 g/mol. The molecule has 22 heavy (non-hydrogen) atoms. The molecule has 0 bridgehead atoms. The van der Waals surface area contributed by atoms with Crippen molar-refractivity contribution in [2.45, 2.75) is 45.8 Å². The van der Waals surface area contributed by atoms with Gasteiger partial charge in [-0.3, -0.25) is 0 Å². The molecular weight excluding hydrogens is 280 g/mol. The Kier molecular flexibility index (Phi) is 7.36. The van der Waals surface area contributed by atoms with Crippen molar-refractivity contribution < 1.29 is 20.1 Å². The van der Waals surface area contributed by atoms with Crippen LogP contribution in [0.5, 0.6) is 5.75 Å². The van der Waals surface area contributed by atoms with Gasteiger partial charge in [-0.15, -0.1) is 5.73 Å². The summed E-state index contributed by atoms with van der Waals surface area (Å²) >= 11 is 0. The summed E-state index contributed by atoms with van der Waals surface area (Å²) in [6.07, 6.45) is 1.58. The molecule has 1 rings (SSSR count). The maximum absolute atomic E-state index is 10.2. The molecule has 4 nitrogen and oxygen atoms in total. The van der Waals surface area contributed by atoms with Crippen molar-refractivity contribution in [3.05, 3.63) is 46.2 Å². The van der Waals surface area contributed by atoms with E-state index in [0.717, 1.165) is 22.3 Å². The summed E-state index contributed by atoms with van der Waals surface area (Å²) in [4.78, 5) is 0. The Bertz CT molecular complexity index is 531. The zero-order valence-electron chi connectivity index (χ0n) is 13.8. The summed E-state index contributed by atoms with van der Waals surface area (Å²) < 4.78 is 5.07. The quantitative estimate of drug-likeness (QED) is 0.677. The molecule has 3 N–H and O–H groups in total. The highest BCUT2D eigenvalue weighted by Gasteiger charge is 2.10. The molecular formula is C18H26O4. The third-order valence-corrected chi connectivity index (χ3v) is 3.41. The summed E-state index contributed by atoms with van der Waals surface area (Å²) in [6, 6.07) is 3.58. The molecule has 0 aliphatic rings. The Morgan fingerprint density at radius 3 is 2.36 bits per heavy atom. The molecule has 2 atom stereocenters. The average molecular weight is 306 g/mol. The number of rotatable bonds is 7. The lowest BCUT2D eigenvalue weighted by molar-refractivity contribution is 0.176. The summed E-state index contributed by atoms with van der Waals surface area (Å²) in [6.45, 7) is 5.75. The third kappa shape index (κ3) is 5.66. The van der Waals surface area contributed by atoms with Crippen LogP contribution in [-0.2, 0) is 4.74 Å². The van der Waals surface area contributed by atoms with E-state index >= 15 is 0 Å². The molecule has 0 aliphatic heterocycles. The Morgan fingerprint density at radius 2 is 1.86 bits per heavy atom. The molecule has 1 aromatic carbocycles. The second-order valence-electron chi connectivity index (χ2n) is 5.69. The van der Waals surface area contributed by atoms with Crippen molar-refractivity contribution in [3.63, 3.8) is 0 Å². The van der Waals surface area contributed by atoms with Crippen LogP contribution in [0.2, 0.25) is 0 Å². The van der Waals surface area contributed by atoms with Gasteiger partial charge in [-0.2, -0.15) is 0 Å². The number of aliphatic hydroxyl groups is 2. The lowest BCUT2D eigenvalue weighted by Crippen LogP contribution is -2.04. The Morgan fingerprint density at radius 1 is 1.27 bits per heavy atom. The molecule has 0 amide bonds. The SMILES string of the molecule is COCC(=C=CC[C@@H](O)c1cc(C)c(O)c(C)c1)C[C@H](C)O. The minimum atomic E-state index is -0.652. The van der Waals surface area contributed by atoms with Crippen LogP contribution < -0.4 is 0 Å². The lowest BCUT2D eigenvalue weighted by Gasteiger charge is -2.12. The van der Waals surface area contributed by atoms with Crippen LogP contribution in [0.3, 0.4) is 0 Å². The number of aliphatic hydroxyl groups excluding tert-OH is 2. The van der Waals surface area contributed by atoms with Gasteiger partial charge in [0.1, 0.15) is 5.75 Å². The largest absolute Gasteiger partial charge is 0.507 e. The number of hydrogen-bond acceptors (Lipinski definition) is 4. The first kappa shape index (κ1) is 18.5. The molecule has 0 unspecified atom stereocenters. The molecule has 1 aromatic rings. The number of aryl methyl sites for hydroxylation is 2. The van der Waals surface area contributed by atoms with Crippen LogP contribution in [0.4, 0.5) is 0 Å². The van der Waals surface area contributed by atoms with Gasteiger partial charge in [0.05, 0.1) is 18.8 Å². The molecule has 0 saturated heterocycles. The van der Waals surface area contributed by atoms with E-state index < -0.39 is 12.2 Å². The Balaban J connectivity index is 2.83. The highest BCUT2D eigenvalue weighted by Crippen LogP contribution is 2.27. The van der Waals surface area contributed by atoms with Crippen LogP contribution in [0, 0.1) is 13.8 Å². The van der Waals surface area contributed by atoms with E-state index in [0.29, 0.717) is 19.4 Å². The van der Waals surface area contributed by atoms with Crippen molar-refractivity contribution in [3.8, 4) is 5.75 Å². The van der Waals surface area contributed by atoms with Gasteiger partial charge in [0, 0.05) is 20.0 Å². The number of methoxy groups -OCH3 is 1. The number of hydrogen-bond donors (Lipinski definition) is 3. The van der Waals surface area contributed by atoms with Crippen molar-refractivity contribution in [1.29, 1.82) is 0 Å². The minimum absolute atomic E-state index is 0.269. The molecule has 0 aromatic heterocycles. The highest BCUT2D eigenvalue weighted by molar-refractivity contribution is 5.42. The number of benzene rings is 1. The number of ether oxygens (including phenoxy) is 1. The maximum Gasteiger partial charge on any atom is 0.121 e. The highest BCUT2D eigenvalue weighted by atomic mass is 16.5. The second-order valence-corrected chi connectivity index (χ2v) is 5.69. The van der Waals surface area contributed by atoms with E-state index in [2.05, 4.69) is 5.73 Å². The molecule has 0 saturated carbocycles. The molecule has 0 spiro atoms. The smallest absolute Gasteiger partial charge is 0.121 e. The van der Waals surface area contributed by atoms with E-state index in [4.69, 9.17) is 4.74 Å². The fourth-order valence-corrected chi connectivity index (χ4v) is 2.32. The second kappa shape index (κ2) is 8.76. The van der Waals surface area contributed by atoms with Crippen molar-refractivity contribution in [2.75, 3.05) is 13.7 Å². The predicted octanol–water partition coefficient (Wildman–Crippen LogP) is 2.93. The molecule has 0 heterocycles. The standard InChI is InChI=1S/C18H26O4/c1-12-8-16(9-13(2)18(12)21)17(20)7-5-6-15(11-22-4)10-14(3)19/h5,8-9,14,17,19-21H,7,10-11H2,1-4H3/t6?,14-,17+/m0/s1. The fourth-order valence-electron chi connectivity index (χ4n) is 2.32. The minimum Gasteiger partial charge on any atom is -0.507 e. The van der Waals surface area contributed by atoms with Crippen molar-refractivity contribution in [2.24, 2.45) is 0 Å². The molecule has 0 aliphatic carbocycles. The normalized spacial score (nSPS) is 13.4. The topological polar surface area (TPSA) is 69.9 Å². The van der Waals surface area contributed by atoms with Crippen molar-refractivity contribution in [1.82, 2.24) is 0 Å². The van der Waals surface area contributed by atoms with E-state index in [9.17, 15) is 15.3 Å². The first-order chi connectivity index (χ1) is 10.3. The maximum atomic E-state index is 10.2. The van der Waals surface area contributed by atoms with Crippen LogP contribution in [0.25, 0.3) is 0 Å². The first-order valence-corrected chi connectivity index (χ1v) is 7.43. The van der Waals surface area contributed by atoms with Gasteiger partial charge in [0.25, 0.3) is 0 Å². The van der Waals surface area contributed by atoms with E-state index in [1.54, 1.807) is 32.2 Å². The molecule has 0 fully saturated rings. The summed E-state index contributed by atoms with van der Waals surface area (Å²) in [5.41, 5.74) is 6.23. The summed E-state index contributed by atoms with van der Waals surface area (Å²) in [5, 5.41) is 29.4. The predicted molar refractivity (Wildman–Crippen MR) is 86.9 cm³/mol. The first-order valence-electron chi connectivity index (χ1n) is 7.43. The number of aromatic hydroxyl groups is 1. The Hall–Kier alpha value is -1.58. The number of phenolic OH excluding ortho intramolecular Hbond substituents is 1. The lowest BCUT2D eigenvalue weighted by atomic mass is 10.00. The fraction of sp³-hybridized carbons (Fsp3) is 0.500. The zero-order valence-corrected chi connectivity index (χ0v) is 13.8. The van der Waals surface area contributed by atoms with Gasteiger partial charge in [0.2, 0.25) is 0 Å². The zero-order chi connectivity index (χ0) is 16.7. The summed E-state index contributed by atoms with van der Waals surface area (Å²) in [5.74, 6) is 0.269. The van der Waals surface area contributed by atoms with Crippen LogP contribution >= 0.6 is 0 Å². The summed E-state index contributed by atoms with van der Waals surface area (Å²) in [7, 11) is 1.60. The van der Waals surface area contributed by atoms with Crippen molar-refractivity contribution >= 4 is 0 Å². The third-order valence-electron chi connectivity index (χ3n) is 3.41. The Labute approximate surface area is 132 Å². The van der Waals surface area contributed by atoms with Crippen LogP contribution in [0.15, 0.2) is 29.5 Å². The number of phenols is 1. The van der Waals surface area contributed by atoms with E-state index in [1.165, 1.54) is 0 Å². The molecule has 122 valence electrons.